The molecule has 206 valence electrons. The van der Waals surface area contributed by atoms with E-state index < -0.39 is 29.0 Å². The second-order valence-electron chi connectivity index (χ2n) is 11.6. The van der Waals surface area contributed by atoms with Crippen molar-refractivity contribution in [2.24, 2.45) is 11.8 Å². The third kappa shape index (κ3) is 4.43. The Labute approximate surface area is 230 Å². The number of carbonyl (C=O) groups is 2. The maximum absolute atomic E-state index is 15.5. The van der Waals surface area contributed by atoms with Gasteiger partial charge in [-0.25, -0.2) is 18.7 Å². The highest BCUT2D eigenvalue weighted by Gasteiger charge is 2.71. The number of cyclic esters (lactones) is 1. The topological polar surface area (TPSA) is 114 Å². The number of nitriles is 1. The van der Waals surface area contributed by atoms with Crippen molar-refractivity contribution < 1.29 is 23.5 Å². The van der Waals surface area contributed by atoms with Crippen LogP contribution in [-0.4, -0.2) is 63.4 Å². The largest absolute Gasteiger partial charge is 0.444 e. The zero-order valence-corrected chi connectivity index (χ0v) is 22.5. The smallest absolute Gasteiger partial charge is 0.414 e. The van der Waals surface area contributed by atoms with Crippen molar-refractivity contribution in [1.29, 1.82) is 5.26 Å². The first kappa shape index (κ1) is 25.8. The monoisotopic (exact) mass is 544 g/mol. The average Bonchev–Trinajstić information content (AvgIpc) is 3.42. The quantitative estimate of drug-likeness (QED) is 0.469. The molecule has 10 nitrogen and oxygen atoms in total. The number of hydrogen-bond donors (Lipinski definition) is 0. The van der Waals surface area contributed by atoms with E-state index >= 15 is 4.39 Å². The van der Waals surface area contributed by atoms with Crippen molar-refractivity contribution in [3.63, 3.8) is 0 Å². The number of carbonyl (C=O) groups excluding carboxylic acids is 2. The first-order chi connectivity index (χ1) is 19.1. The van der Waals surface area contributed by atoms with Crippen molar-refractivity contribution >= 4 is 17.9 Å². The number of aromatic nitrogens is 3. The molecule has 2 aliphatic heterocycles. The Bertz CT molecular complexity index is 1480. The van der Waals surface area contributed by atoms with Crippen molar-refractivity contribution in [2.75, 3.05) is 24.5 Å². The number of hydrogen-bond acceptors (Lipinski definition) is 7. The van der Waals surface area contributed by atoms with Crippen LogP contribution in [0.2, 0.25) is 0 Å². The van der Waals surface area contributed by atoms with Crippen LogP contribution in [0.5, 0.6) is 0 Å². The van der Waals surface area contributed by atoms with Gasteiger partial charge in [0, 0.05) is 42.4 Å². The zero-order chi connectivity index (χ0) is 28.2. The number of rotatable bonds is 5. The number of amides is 2. The molecule has 3 heterocycles. The van der Waals surface area contributed by atoms with Gasteiger partial charge in [0.15, 0.2) is 0 Å². The molecule has 0 bridgehead atoms. The zero-order valence-electron chi connectivity index (χ0n) is 22.5. The Morgan fingerprint density at radius 1 is 1.15 bits per heavy atom. The number of halogens is 1. The Balaban J connectivity index is 1.13. The molecule has 2 unspecified atom stereocenters. The van der Waals surface area contributed by atoms with Crippen LogP contribution in [0.1, 0.15) is 26.3 Å². The molecule has 1 aliphatic carbocycles. The number of fused-ring (bicyclic) bond motifs is 1. The molecule has 11 heteroatoms. The lowest BCUT2D eigenvalue weighted by atomic mass is 9.89. The predicted octanol–water partition coefficient (Wildman–Crippen LogP) is 4.37. The lowest BCUT2D eigenvalue weighted by Crippen LogP contribution is -2.39. The van der Waals surface area contributed by atoms with Crippen LogP contribution >= 0.6 is 0 Å². The molecule has 3 fully saturated rings. The number of benzene rings is 2. The summed E-state index contributed by atoms with van der Waals surface area (Å²) in [4.78, 5) is 28.0. The molecule has 3 atom stereocenters. The number of anilines is 1. The minimum atomic E-state index is -0.941. The fraction of sp³-hybridized carbons (Fsp3) is 0.414. The first-order valence-corrected chi connectivity index (χ1v) is 13.2. The molecule has 1 aromatic heterocycles. The summed E-state index contributed by atoms with van der Waals surface area (Å²) in [5.41, 5.74) is 0.941. The Morgan fingerprint density at radius 2 is 1.85 bits per heavy atom. The third-order valence-corrected chi connectivity index (χ3v) is 7.88. The van der Waals surface area contributed by atoms with Gasteiger partial charge in [-0.15, -0.1) is 5.10 Å². The highest BCUT2D eigenvalue weighted by molar-refractivity contribution is 5.90. The van der Waals surface area contributed by atoms with Gasteiger partial charge in [-0.3, -0.25) is 4.90 Å². The van der Waals surface area contributed by atoms with E-state index in [1.54, 1.807) is 45.1 Å². The fourth-order valence-electron chi connectivity index (χ4n) is 5.96. The second-order valence-corrected chi connectivity index (χ2v) is 11.6. The standard InChI is InChI=1S/C29H29FN6O4/c1-28(2,3)40-26(37)34-15-23-24(16-34)29(23,17-31)22-9-6-19(12-25(22)30)18-4-7-20(8-5-18)36-14-21(39-27(36)38)13-35-11-10-32-33-35/h4-12,21,23-24H,13-16H2,1-3H3/t21-,23?,24?,29?/m0/s1. The summed E-state index contributed by atoms with van der Waals surface area (Å²) in [5.74, 6) is -0.697. The molecule has 1 saturated carbocycles. The van der Waals surface area contributed by atoms with Gasteiger partial charge in [-0.2, -0.15) is 5.26 Å². The molecule has 2 aromatic carbocycles. The fourth-order valence-corrected chi connectivity index (χ4v) is 5.96. The summed E-state index contributed by atoms with van der Waals surface area (Å²) in [6, 6.07) is 14.6. The molecule has 0 N–H and O–H groups in total. The second kappa shape index (κ2) is 9.33. The number of piperidine rings is 1. The number of likely N-dealkylation sites (tertiary alicyclic amines) is 1. The number of ether oxygens (including phenoxy) is 2. The van der Waals surface area contributed by atoms with Gasteiger partial charge >= 0.3 is 12.2 Å². The van der Waals surface area contributed by atoms with Crippen LogP contribution in [0.25, 0.3) is 11.1 Å². The summed E-state index contributed by atoms with van der Waals surface area (Å²) >= 11 is 0. The van der Waals surface area contributed by atoms with E-state index in [0.29, 0.717) is 43.0 Å². The van der Waals surface area contributed by atoms with Gasteiger partial charge < -0.3 is 14.4 Å². The molecular formula is C29H29FN6O4. The summed E-state index contributed by atoms with van der Waals surface area (Å²) in [7, 11) is 0. The molecule has 40 heavy (non-hydrogen) atoms. The van der Waals surface area contributed by atoms with Crippen LogP contribution < -0.4 is 4.90 Å². The lowest BCUT2D eigenvalue weighted by Gasteiger charge is -2.27. The van der Waals surface area contributed by atoms with Crippen LogP contribution in [0, 0.1) is 29.0 Å². The van der Waals surface area contributed by atoms with E-state index in [9.17, 15) is 14.9 Å². The average molecular weight is 545 g/mol. The summed E-state index contributed by atoms with van der Waals surface area (Å²) in [5, 5.41) is 17.8. The molecule has 2 amide bonds. The predicted molar refractivity (Wildman–Crippen MR) is 142 cm³/mol. The third-order valence-electron chi connectivity index (χ3n) is 7.88. The molecule has 6 rings (SSSR count). The summed E-state index contributed by atoms with van der Waals surface area (Å²) < 4.78 is 28.0. The van der Waals surface area contributed by atoms with E-state index in [4.69, 9.17) is 9.47 Å². The highest BCUT2D eigenvalue weighted by Crippen LogP contribution is 2.63. The van der Waals surface area contributed by atoms with Crippen molar-refractivity contribution in [2.45, 2.75) is 44.4 Å². The lowest BCUT2D eigenvalue weighted by molar-refractivity contribution is 0.0265. The molecule has 2 saturated heterocycles. The van der Waals surface area contributed by atoms with E-state index in [1.165, 1.54) is 6.07 Å². The number of nitrogens with zero attached hydrogens (tertiary/aromatic N) is 6. The van der Waals surface area contributed by atoms with Gasteiger partial charge in [0.2, 0.25) is 0 Å². The Morgan fingerprint density at radius 3 is 2.45 bits per heavy atom. The molecule has 0 spiro atoms. The van der Waals surface area contributed by atoms with Crippen molar-refractivity contribution in [3.05, 3.63) is 66.2 Å². The Kier molecular flexibility index (Phi) is 6.02. The summed E-state index contributed by atoms with van der Waals surface area (Å²) in [6.07, 6.45) is 2.09. The van der Waals surface area contributed by atoms with E-state index in [0.717, 1.165) is 5.56 Å². The van der Waals surface area contributed by atoms with Gasteiger partial charge in [0.1, 0.15) is 17.5 Å². The molecule has 3 aliphatic rings. The maximum Gasteiger partial charge on any atom is 0.414 e. The molecular weight excluding hydrogens is 515 g/mol. The van der Waals surface area contributed by atoms with Crippen LogP contribution in [0.4, 0.5) is 19.7 Å². The SMILES string of the molecule is CC(C)(C)OC(=O)N1CC2C(C1)C2(C#N)c1ccc(-c2ccc(N3C[C@H](Cn4ccnn4)OC3=O)cc2)cc1F. The minimum Gasteiger partial charge on any atom is -0.444 e. The first-order valence-electron chi connectivity index (χ1n) is 13.2. The maximum atomic E-state index is 15.5. The Hall–Kier alpha value is -4.46. The van der Waals surface area contributed by atoms with Crippen LogP contribution in [-0.2, 0) is 21.4 Å². The normalized spacial score (nSPS) is 25.4. The highest BCUT2D eigenvalue weighted by atomic mass is 19.1. The van der Waals surface area contributed by atoms with Gasteiger partial charge in [0.05, 0.1) is 30.8 Å². The minimum absolute atomic E-state index is 0.127. The molecule has 0 radical (unpaired) electrons. The van der Waals surface area contributed by atoms with Gasteiger partial charge in [-0.05, 0) is 50.1 Å². The van der Waals surface area contributed by atoms with Gasteiger partial charge in [0.25, 0.3) is 0 Å². The van der Waals surface area contributed by atoms with Crippen molar-refractivity contribution in [1.82, 2.24) is 19.9 Å². The van der Waals surface area contributed by atoms with E-state index in [1.807, 2.05) is 39.0 Å². The van der Waals surface area contributed by atoms with E-state index in [2.05, 4.69) is 16.4 Å². The van der Waals surface area contributed by atoms with Crippen LogP contribution in [0.3, 0.4) is 0 Å². The van der Waals surface area contributed by atoms with Gasteiger partial charge in [-0.1, -0.05) is 29.5 Å². The van der Waals surface area contributed by atoms with Crippen molar-refractivity contribution in [3.8, 4) is 17.2 Å². The summed E-state index contributed by atoms with van der Waals surface area (Å²) in [6.45, 7) is 6.96. The molecule has 3 aromatic rings. The van der Waals surface area contributed by atoms with Crippen LogP contribution in [0.15, 0.2) is 54.9 Å². The van der Waals surface area contributed by atoms with E-state index in [-0.39, 0.29) is 17.9 Å².